The van der Waals surface area contributed by atoms with Gasteiger partial charge in [-0.3, -0.25) is 24.4 Å². The van der Waals surface area contributed by atoms with Gasteiger partial charge >= 0.3 is 5.69 Å². The summed E-state index contributed by atoms with van der Waals surface area (Å²) in [6.07, 6.45) is 0.542. The van der Waals surface area contributed by atoms with Gasteiger partial charge in [0.1, 0.15) is 17.4 Å². The second kappa shape index (κ2) is 9.31. The highest BCUT2D eigenvalue weighted by molar-refractivity contribution is 5.97. The second-order valence-electron chi connectivity index (χ2n) is 7.40. The summed E-state index contributed by atoms with van der Waals surface area (Å²) in [6, 6.07) is 6.29. The zero-order valence-electron chi connectivity index (χ0n) is 17.4. The highest BCUT2D eigenvalue weighted by atomic mass is 16.6. The van der Waals surface area contributed by atoms with E-state index in [-0.39, 0.29) is 23.4 Å². The summed E-state index contributed by atoms with van der Waals surface area (Å²) in [7, 11) is 1.54. The Bertz CT molecular complexity index is 902. The molecule has 9 heteroatoms. The molecule has 0 aliphatic heterocycles. The minimum atomic E-state index is -0.595. The minimum Gasteiger partial charge on any atom is -0.357 e. The number of rotatable bonds is 8. The topological polar surface area (TPSA) is 119 Å². The normalized spacial score (nSPS) is 11.9. The summed E-state index contributed by atoms with van der Waals surface area (Å²) < 4.78 is 1.58. The van der Waals surface area contributed by atoms with Gasteiger partial charge in [0.25, 0.3) is 5.91 Å². The molecule has 0 spiro atoms. The Labute approximate surface area is 169 Å². The van der Waals surface area contributed by atoms with E-state index in [2.05, 4.69) is 15.7 Å². The number of carbonyl (C=O) groups is 2. The Hall–Kier alpha value is -3.23. The SMILES string of the molecule is CNC(=O)C(CC(C)C)NC(=O)c1ccc(Cn2nc(C)c([N+](=O)[O-])c2C)cc1. The lowest BCUT2D eigenvalue weighted by molar-refractivity contribution is -0.386. The van der Waals surface area contributed by atoms with Crippen LogP contribution in [0.1, 0.15) is 47.6 Å². The molecule has 9 nitrogen and oxygen atoms in total. The maximum atomic E-state index is 12.5. The molecule has 0 saturated heterocycles. The van der Waals surface area contributed by atoms with Gasteiger partial charge in [0, 0.05) is 12.6 Å². The third kappa shape index (κ3) is 5.40. The minimum absolute atomic E-state index is 0.0198. The van der Waals surface area contributed by atoms with E-state index in [0.717, 1.165) is 5.56 Å². The third-order valence-electron chi connectivity index (χ3n) is 4.65. The van der Waals surface area contributed by atoms with Gasteiger partial charge in [-0.2, -0.15) is 5.10 Å². The summed E-state index contributed by atoms with van der Waals surface area (Å²) in [6.45, 7) is 7.60. The van der Waals surface area contributed by atoms with Crippen molar-refractivity contribution in [2.24, 2.45) is 5.92 Å². The van der Waals surface area contributed by atoms with E-state index in [0.29, 0.717) is 29.9 Å². The van der Waals surface area contributed by atoms with Crippen molar-refractivity contribution in [3.05, 3.63) is 56.9 Å². The molecule has 0 aliphatic carbocycles. The van der Waals surface area contributed by atoms with Crippen molar-refractivity contribution in [2.45, 2.75) is 46.7 Å². The lowest BCUT2D eigenvalue weighted by atomic mass is 10.0. The fraction of sp³-hybridized carbons (Fsp3) is 0.450. The van der Waals surface area contributed by atoms with E-state index in [1.54, 1.807) is 49.8 Å². The van der Waals surface area contributed by atoms with E-state index < -0.39 is 11.0 Å². The lowest BCUT2D eigenvalue weighted by Crippen LogP contribution is -2.46. The van der Waals surface area contributed by atoms with Crippen LogP contribution in [0.15, 0.2) is 24.3 Å². The molecule has 1 aromatic heterocycles. The zero-order valence-corrected chi connectivity index (χ0v) is 17.4. The zero-order chi connectivity index (χ0) is 21.7. The van der Waals surface area contributed by atoms with Crippen molar-refractivity contribution in [3.8, 4) is 0 Å². The first-order chi connectivity index (χ1) is 13.6. The quantitative estimate of drug-likeness (QED) is 0.520. The molecule has 2 aromatic rings. The number of nitro groups is 1. The van der Waals surface area contributed by atoms with Crippen molar-refractivity contribution >= 4 is 17.5 Å². The Balaban J connectivity index is 2.11. The number of aryl methyl sites for hydroxylation is 1. The first kappa shape index (κ1) is 22.1. The van der Waals surface area contributed by atoms with Crippen molar-refractivity contribution in [1.29, 1.82) is 0 Å². The maximum Gasteiger partial charge on any atom is 0.312 e. The van der Waals surface area contributed by atoms with Crippen LogP contribution in [0, 0.1) is 29.9 Å². The number of carbonyl (C=O) groups excluding carboxylic acids is 2. The Morgan fingerprint density at radius 2 is 1.83 bits per heavy atom. The summed E-state index contributed by atoms with van der Waals surface area (Å²) in [5.74, 6) is -0.299. The highest BCUT2D eigenvalue weighted by Gasteiger charge is 2.23. The van der Waals surface area contributed by atoms with Crippen LogP contribution in [0.25, 0.3) is 0 Å². The number of benzene rings is 1. The molecule has 1 aromatic carbocycles. The molecule has 0 fully saturated rings. The average Bonchev–Trinajstić information content (AvgIpc) is 2.93. The highest BCUT2D eigenvalue weighted by Crippen LogP contribution is 2.22. The van der Waals surface area contributed by atoms with Crippen LogP contribution in [0.4, 0.5) is 5.69 Å². The van der Waals surface area contributed by atoms with E-state index in [9.17, 15) is 19.7 Å². The molecule has 1 atom stereocenters. The number of amides is 2. The van der Waals surface area contributed by atoms with Gasteiger partial charge in [-0.05, 0) is 43.9 Å². The average molecular weight is 401 g/mol. The predicted molar refractivity (Wildman–Crippen MR) is 109 cm³/mol. The number of likely N-dealkylation sites (N-methyl/N-ethyl adjacent to an activating group) is 1. The number of aromatic nitrogens is 2. The van der Waals surface area contributed by atoms with Gasteiger partial charge in [0.2, 0.25) is 5.91 Å². The molecule has 0 saturated carbocycles. The van der Waals surface area contributed by atoms with Gasteiger partial charge in [-0.1, -0.05) is 26.0 Å². The summed E-state index contributed by atoms with van der Waals surface area (Å²) >= 11 is 0. The third-order valence-corrected chi connectivity index (χ3v) is 4.65. The van der Waals surface area contributed by atoms with E-state index in [1.165, 1.54) is 0 Å². The first-order valence-corrected chi connectivity index (χ1v) is 9.43. The Morgan fingerprint density at radius 1 is 1.21 bits per heavy atom. The molecule has 29 heavy (non-hydrogen) atoms. The molecule has 156 valence electrons. The first-order valence-electron chi connectivity index (χ1n) is 9.43. The van der Waals surface area contributed by atoms with Crippen molar-refractivity contribution in [3.63, 3.8) is 0 Å². The van der Waals surface area contributed by atoms with Crippen LogP contribution < -0.4 is 10.6 Å². The fourth-order valence-electron chi connectivity index (χ4n) is 3.16. The van der Waals surface area contributed by atoms with Crippen LogP contribution in [-0.4, -0.2) is 39.6 Å². The van der Waals surface area contributed by atoms with Crippen molar-refractivity contribution in [2.75, 3.05) is 7.05 Å². The standard InChI is InChI=1S/C20H27N5O4/c1-12(2)10-17(20(27)21-5)22-19(26)16-8-6-15(7-9-16)11-24-14(4)18(25(28)29)13(3)23-24/h6-9,12,17H,10-11H2,1-5H3,(H,21,27)(H,22,26). The van der Waals surface area contributed by atoms with Crippen LogP contribution in [0.2, 0.25) is 0 Å². The molecule has 2 amide bonds. The molecule has 0 radical (unpaired) electrons. The van der Waals surface area contributed by atoms with Gasteiger partial charge in [-0.15, -0.1) is 0 Å². The molecular weight excluding hydrogens is 374 g/mol. The molecule has 0 aliphatic rings. The largest absolute Gasteiger partial charge is 0.357 e. The predicted octanol–water partition coefficient (Wildman–Crippen LogP) is 2.35. The van der Waals surface area contributed by atoms with Crippen LogP contribution in [0.5, 0.6) is 0 Å². The van der Waals surface area contributed by atoms with Crippen molar-refractivity contribution < 1.29 is 14.5 Å². The second-order valence-corrected chi connectivity index (χ2v) is 7.40. The van der Waals surface area contributed by atoms with Gasteiger partial charge in [0.15, 0.2) is 0 Å². The molecule has 0 bridgehead atoms. The van der Waals surface area contributed by atoms with Crippen LogP contribution >= 0.6 is 0 Å². The Kier molecular flexibility index (Phi) is 7.08. The van der Waals surface area contributed by atoms with E-state index in [1.807, 2.05) is 13.8 Å². The smallest absolute Gasteiger partial charge is 0.312 e. The van der Waals surface area contributed by atoms with Gasteiger partial charge < -0.3 is 10.6 Å². The lowest BCUT2D eigenvalue weighted by Gasteiger charge is -2.19. The van der Waals surface area contributed by atoms with E-state index in [4.69, 9.17) is 0 Å². The van der Waals surface area contributed by atoms with Crippen LogP contribution in [-0.2, 0) is 11.3 Å². The fourth-order valence-corrected chi connectivity index (χ4v) is 3.16. The molecule has 2 N–H and O–H groups in total. The number of hydrogen-bond donors (Lipinski definition) is 2. The van der Waals surface area contributed by atoms with Crippen molar-refractivity contribution in [1.82, 2.24) is 20.4 Å². The van der Waals surface area contributed by atoms with Gasteiger partial charge in [-0.25, -0.2) is 0 Å². The Morgan fingerprint density at radius 3 is 2.31 bits per heavy atom. The maximum absolute atomic E-state index is 12.5. The molecule has 1 unspecified atom stereocenters. The number of nitrogens with zero attached hydrogens (tertiary/aromatic N) is 3. The molecule has 2 rings (SSSR count). The van der Waals surface area contributed by atoms with E-state index >= 15 is 0 Å². The molecular formula is C20H27N5O4. The number of hydrogen-bond acceptors (Lipinski definition) is 5. The van der Waals surface area contributed by atoms with Gasteiger partial charge in [0.05, 0.1) is 11.5 Å². The summed E-state index contributed by atoms with van der Waals surface area (Å²) in [5.41, 5.74) is 2.16. The van der Waals surface area contributed by atoms with Crippen LogP contribution in [0.3, 0.4) is 0 Å². The number of nitrogens with one attached hydrogen (secondary N) is 2. The molecule has 1 heterocycles. The monoisotopic (exact) mass is 401 g/mol. The summed E-state index contributed by atoms with van der Waals surface area (Å²) in [5, 5.41) is 20.7. The summed E-state index contributed by atoms with van der Waals surface area (Å²) in [4.78, 5) is 35.2.